The monoisotopic (exact) mass is 353 g/mol. The average molecular weight is 353 g/mol. The number of hydrogen-bond donors (Lipinski definition) is 1. The first-order valence-electron chi connectivity index (χ1n) is 9.23. The number of nitrogens with one attached hydrogen (secondary N) is 1. The van der Waals surface area contributed by atoms with Crippen LogP contribution < -0.4 is 0 Å². The van der Waals surface area contributed by atoms with Gasteiger partial charge in [0.2, 0.25) is 0 Å². The summed E-state index contributed by atoms with van der Waals surface area (Å²) in [6.45, 7) is 9.48. The van der Waals surface area contributed by atoms with Gasteiger partial charge in [-0.2, -0.15) is 0 Å². The Labute approximate surface area is 155 Å². The predicted molar refractivity (Wildman–Crippen MR) is 103 cm³/mol. The molecule has 138 valence electrons. The van der Waals surface area contributed by atoms with Gasteiger partial charge in [0.25, 0.3) is 5.91 Å². The van der Waals surface area contributed by atoms with Crippen molar-refractivity contribution in [3.05, 3.63) is 58.4 Å². The number of nitrogens with zero attached hydrogens (tertiary/aromatic N) is 2. The molecule has 1 aliphatic heterocycles. The van der Waals surface area contributed by atoms with E-state index in [0.29, 0.717) is 11.3 Å². The molecule has 0 saturated carbocycles. The highest BCUT2D eigenvalue weighted by Crippen LogP contribution is 2.20. The number of aromatic nitrogens is 1. The van der Waals surface area contributed by atoms with Crippen LogP contribution in [-0.2, 0) is 6.42 Å². The molecule has 2 heterocycles. The van der Waals surface area contributed by atoms with Crippen molar-refractivity contribution in [3.8, 4) is 0 Å². The van der Waals surface area contributed by atoms with Gasteiger partial charge in [-0.3, -0.25) is 14.5 Å². The molecule has 1 aromatic carbocycles. The normalized spacial score (nSPS) is 15.3. The molecule has 5 heteroatoms. The van der Waals surface area contributed by atoms with Crippen LogP contribution in [0.5, 0.6) is 0 Å². The van der Waals surface area contributed by atoms with Crippen LogP contribution >= 0.6 is 0 Å². The van der Waals surface area contributed by atoms with Crippen molar-refractivity contribution in [2.45, 2.75) is 27.2 Å². The second-order valence-corrected chi connectivity index (χ2v) is 7.05. The van der Waals surface area contributed by atoms with Gasteiger partial charge >= 0.3 is 0 Å². The topological polar surface area (TPSA) is 56.4 Å². The first kappa shape index (κ1) is 18.4. The van der Waals surface area contributed by atoms with Gasteiger partial charge in [0.15, 0.2) is 5.78 Å². The van der Waals surface area contributed by atoms with Gasteiger partial charge in [0, 0.05) is 44.0 Å². The molecule has 1 N–H and O–H groups in total. The first-order valence-corrected chi connectivity index (χ1v) is 9.23. The van der Waals surface area contributed by atoms with E-state index in [4.69, 9.17) is 0 Å². The summed E-state index contributed by atoms with van der Waals surface area (Å²) in [6, 6.07) is 10.5. The smallest absolute Gasteiger partial charge is 0.270 e. The molecule has 0 atom stereocenters. The lowest BCUT2D eigenvalue weighted by Gasteiger charge is -2.34. The molecule has 1 saturated heterocycles. The molecule has 0 unspecified atom stereocenters. The highest BCUT2D eigenvalue weighted by Gasteiger charge is 2.26. The Morgan fingerprint density at radius 1 is 1.04 bits per heavy atom. The first-order chi connectivity index (χ1) is 12.5. The SMILES string of the molecule is CC(=O)c1c(C)[nH]c(C(=O)N2CCN(CCc3ccccc3)CC2)c1C. The number of carbonyl (C=O) groups excluding carboxylic acids is 2. The van der Waals surface area contributed by atoms with Crippen LogP contribution in [0.4, 0.5) is 0 Å². The molecule has 0 bridgehead atoms. The van der Waals surface area contributed by atoms with Crippen molar-refractivity contribution < 1.29 is 9.59 Å². The van der Waals surface area contributed by atoms with Crippen molar-refractivity contribution in [2.24, 2.45) is 0 Å². The third kappa shape index (κ3) is 3.88. The van der Waals surface area contributed by atoms with E-state index in [9.17, 15) is 9.59 Å². The fraction of sp³-hybridized carbons (Fsp3) is 0.429. The molecule has 0 spiro atoms. The maximum atomic E-state index is 12.9. The number of aromatic amines is 1. The van der Waals surface area contributed by atoms with E-state index in [1.54, 1.807) is 6.92 Å². The summed E-state index contributed by atoms with van der Waals surface area (Å²) in [5.74, 6) is 0.00170. The average Bonchev–Trinajstić information content (AvgIpc) is 2.95. The Bertz CT molecular complexity index is 787. The molecule has 2 aromatic rings. The summed E-state index contributed by atoms with van der Waals surface area (Å²) < 4.78 is 0. The quantitative estimate of drug-likeness (QED) is 0.841. The van der Waals surface area contributed by atoms with Crippen molar-refractivity contribution in [1.82, 2.24) is 14.8 Å². The van der Waals surface area contributed by atoms with Crippen LogP contribution in [0.25, 0.3) is 0 Å². The maximum Gasteiger partial charge on any atom is 0.270 e. The molecule has 3 rings (SSSR count). The van der Waals surface area contributed by atoms with Crippen molar-refractivity contribution in [1.29, 1.82) is 0 Å². The lowest BCUT2D eigenvalue weighted by molar-refractivity contribution is 0.0632. The van der Waals surface area contributed by atoms with Gasteiger partial charge in [-0.1, -0.05) is 30.3 Å². The second kappa shape index (κ2) is 7.87. The second-order valence-electron chi connectivity index (χ2n) is 7.05. The van der Waals surface area contributed by atoms with Gasteiger partial charge in [-0.15, -0.1) is 0 Å². The summed E-state index contributed by atoms with van der Waals surface area (Å²) in [5, 5.41) is 0. The Morgan fingerprint density at radius 2 is 1.69 bits per heavy atom. The third-order valence-electron chi connectivity index (χ3n) is 5.22. The summed E-state index contributed by atoms with van der Waals surface area (Å²) in [7, 11) is 0. The number of Topliss-reactive ketones (excluding diaryl/α,β-unsaturated/α-hetero) is 1. The van der Waals surface area contributed by atoms with Crippen molar-refractivity contribution in [3.63, 3.8) is 0 Å². The van der Waals surface area contributed by atoms with E-state index >= 15 is 0 Å². The van der Waals surface area contributed by atoms with Gasteiger partial charge in [-0.05, 0) is 38.3 Å². The highest BCUT2D eigenvalue weighted by molar-refractivity contribution is 6.02. The Kier molecular flexibility index (Phi) is 5.57. The zero-order valence-corrected chi connectivity index (χ0v) is 15.8. The minimum Gasteiger partial charge on any atom is -0.354 e. The number of ketones is 1. The molecule has 0 aliphatic carbocycles. The lowest BCUT2D eigenvalue weighted by Crippen LogP contribution is -2.49. The van der Waals surface area contributed by atoms with Gasteiger partial charge < -0.3 is 9.88 Å². The fourth-order valence-corrected chi connectivity index (χ4v) is 3.76. The zero-order chi connectivity index (χ0) is 18.7. The molecule has 1 fully saturated rings. The molecule has 1 aliphatic rings. The molecule has 1 aromatic heterocycles. The third-order valence-corrected chi connectivity index (χ3v) is 5.22. The summed E-state index contributed by atoms with van der Waals surface area (Å²) in [5.41, 5.74) is 4.10. The number of hydrogen-bond acceptors (Lipinski definition) is 3. The molecular formula is C21H27N3O2. The standard InChI is InChI=1S/C21H27N3O2/c1-15-19(17(3)25)16(2)22-20(15)21(26)24-13-11-23(12-14-24)10-9-18-7-5-4-6-8-18/h4-8,22H,9-14H2,1-3H3. The summed E-state index contributed by atoms with van der Waals surface area (Å²) in [4.78, 5) is 32.1. The van der Waals surface area contributed by atoms with Crippen LogP contribution in [0.15, 0.2) is 30.3 Å². The Morgan fingerprint density at radius 3 is 2.27 bits per heavy atom. The molecule has 26 heavy (non-hydrogen) atoms. The van der Waals surface area contributed by atoms with Gasteiger partial charge in [0.05, 0.1) is 0 Å². The summed E-state index contributed by atoms with van der Waals surface area (Å²) in [6.07, 6.45) is 1.03. The molecule has 1 amide bonds. The Hall–Kier alpha value is -2.40. The molecule has 5 nitrogen and oxygen atoms in total. The van der Waals surface area contributed by atoms with Gasteiger partial charge in [0.1, 0.15) is 5.69 Å². The number of rotatable bonds is 5. The number of carbonyl (C=O) groups is 2. The predicted octanol–water partition coefficient (Wildman–Crippen LogP) is 2.83. The molecule has 0 radical (unpaired) electrons. The van der Waals surface area contributed by atoms with Crippen LogP contribution in [0.2, 0.25) is 0 Å². The van der Waals surface area contributed by atoms with E-state index < -0.39 is 0 Å². The van der Waals surface area contributed by atoms with E-state index in [0.717, 1.165) is 50.4 Å². The van der Waals surface area contributed by atoms with Crippen LogP contribution in [-0.4, -0.2) is 59.2 Å². The van der Waals surface area contributed by atoms with Crippen LogP contribution in [0.1, 0.15) is 44.6 Å². The van der Waals surface area contributed by atoms with E-state index in [2.05, 4.69) is 34.1 Å². The van der Waals surface area contributed by atoms with E-state index in [1.807, 2.05) is 24.8 Å². The largest absolute Gasteiger partial charge is 0.354 e. The Balaban J connectivity index is 1.57. The maximum absolute atomic E-state index is 12.9. The number of amides is 1. The van der Waals surface area contributed by atoms with Crippen molar-refractivity contribution in [2.75, 3.05) is 32.7 Å². The van der Waals surface area contributed by atoms with Crippen LogP contribution in [0, 0.1) is 13.8 Å². The molecular weight excluding hydrogens is 326 g/mol. The number of piperazine rings is 1. The van der Waals surface area contributed by atoms with E-state index in [-0.39, 0.29) is 11.7 Å². The zero-order valence-electron chi connectivity index (χ0n) is 15.8. The van der Waals surface area contributed by atoms with Gasteiger partial charge in [-0.25, -0.2) is 0 Å². The minimum atomic E-state index is 0.000749. The number of benzene rings is 1. The van der Waals surface area contributed by atoms with E-state index in [1.165, 1.54) is 5.56 Å². The number of aryl methyl sites for hydroxylation is 1. The van der Waals surface area contributed by atoms with Crippen molar-refractivity contribution >= 4 is 11.7 Å². The number of H-pyrrole nitrogens is 1. The highest BCUT2D eigenvalue weighted by atomic mass is 16.2. The minimum absolute atomic E-state index is 0.000749. The summed E-state index contributed by atoms with van der Waals surface area (Å²) >= 11 is 0. The lowest BCUT2D eigenvalue weighted by atomic mass is 10.1. The fourth-order valence-electron chi connectivity index (χ4n) is 3.76. The van der Waals surface area contributed by atoms with Crippen LogP contribution in [0.3, 0.4) is 0 Å².